The van der Waals surface area contributed by atoms with Crippen LogP contribution in [0.5, 0.6) is 0 Å². The molecule has 14 nitrogen and oxygen atoms in total. The molecule has 2 aromatic heterocycles. The molecular formula is C45H83Br2N2O12P13S4. The first-order chi connectivity index (χ1) is 36.3. The number of hydrogen-bond acceptors (Lipinski definition) is 18. The van der Waals surface area contributed by atoms with Gasteiger partial charge in [0, 0.05) is 42.7 Å². The summed E-state index contributed by atoms with van der Waals surface area (Å²) in [6.07, 6.45) is 9.56. The molecule has 2 fully saturated rings. The molecule has 0 amide bonds. The molecule has 0 N–H and O–H groups in total. The van der Waals surface area contributed by atoms with Crippen LogP contribution in [0.3, 0.4) is 0 Å². The van der Waals surface area contributed by atoms with Crippen LogP contribution < -0.4 is 0 Å². The molecule has 12 unspecified atom stereocenters. The fraction of sp³-hybridized carbons (Fsp3) is 0.644. The summed E-state index contributed by atoms with van der Waals surface area (Å²) in [7, 11) is 28.5. The summed E-state index contributed by atoms with van der Waals surface area (Å²) in [5.41, 5.74) is -0.452. The van der Waals surface area contributed by atoms with Crippen LogP contribution in [-0.4, -0.2) is 119 Å². The van der Waals surface area contributed by atoms with Gasteiger partial charge in [0.2, 0.25) is 0 Å². The second kappa shape index (κ2) is 47.7. The normalized spacial score (nSPS) is 16.8. The average Bonchev–Trinajstić information content (AvgIpc) is 3.38. The van der Waals surface area contributed by atoms with E-state index in [4.69, 9.17) is 37.9 Å². The lowest BCUT2D eigenvalue weighted by molar-refractivity contribution is -0.174. The molecule has 4 rings (SSSR count). The Labute approximate surface area is 522 Å². The van der Waals surface area contributed by atoms with E-state index in [1.54, 1.807) is 86.3 Å². The van der Waals surface area contributed by atoms with Crippen molar-refractivity contribution in [2.24, 2.45) is 5.41 Å². The number of halogens is 2. The Morgan fingerprint density at radius 1 is 0.679 bits per heavy atom. The van der Waals surface area contributed by atoms with Gasteiger partial charge < -0.3 is 37.9 Å². The predicted octanol–water partition coefficient (Wildman–Crippen LogP) is 18.0. The number of pyridine rings is 2. The van der Waals surface area contributed by atoms with Crippen molar-refractivity contribution in [3.63, 3.8) is 0 Å². The van der Waals surface area contributed by atoms with E-state index in [-0.39, 0.29) is 106 Å². The maximum atomic E-state index is 12.6. The van der Waals surface area contributed by atoms with Crippen molar-refractivity contribution in [1.29, 1.82) is 0 Å². The molecule has 4 heterocycles. The second-order valence-corrected chi connectivity index (χ2v) is 73.5. The Balaban J connectivity index is 0.00000109. The summed E-state index contributed by atoms with van der Waals surface area (Å²) in [5, 5.41) is 1.87. The number of ether oxygens (including phenoxy) is 8. The van der Waals surface area contributed by atoms with Gasteiger partial charge in [-0.3, -0.25) is 14.4 Å². The molecule has 2 aliphatic rings. The van der Waals surface area contributed by atoms with E-state index in [0.717, 1.165) is 68.9 Å². The lowest BCUT2D eigenvalue weighted by Crippen LogP contribution is -2.40. The Kier molecular flexibility index (Phi) is 49.9. The Bertz CT molecular complexity index is 1960. The first-order valence-electron chi connectivity index (χ1n) is 23.9. The standard InChI is InChI=1S/C22H32BrNO6S2.C11H14BrNO2S2.C11H18O4.CH4.H15P13/c1-21(2,19(25)30-14-15-31-32-17-8-4-6-10-24-17)16-22(3,23)20(26)29-13-12-28-18-9-5-7-11-27-18;1-11(2,12)10(14)15-7-8-16-17-9-5-3-4-6-13-9;1-9(2)11(12)15-8-7-14-10-5-3-4-6-13-10;;1-8-12(9(2)3)13(10(4)5)11(6)7/h4,6,8,10,18H,5,7,9,11-16H2,1-3H3;3-6H,7-8H2,1-2H3;10H,1,3-8H2,2H3;1H4;8H,1-7H2. The molecule has 2 aromatic rings. The Morgan fingerprint density at radius 3 is 1.49 bits per heavy atom. The number of carbonyl (C=O) groups excluding carboxylic acids is 4. The van der Waals surface area contributed by atoms with Gasteiger partial charge in [-0.2, -0.15) is 0 Å². The minimum absolute atomic E-state index is 0. The van der Waals surface area contributed by atoms with Crippen molar-refractivity contribution in [2.75, 3.05) is 64.4 Å². The average molecular weight is 1530 g/mol. The monoisotopic (exact) mass is 1530 g/mol. The molecule has 78 heavy (non-hydrogen) atoms. The molecule has 0 spiro atoms. The maximum Gasteiger partial charge on any atom is 0.333 e. The lowest BCUT2D eigenvalue weighted by Gasteiger charge is -2.34. The van der Waals surface area contributed by atoms with E-state index >= 15 is 0 Å². The highest BCUT2D eigenvalue weighted by molar-refractivity contribution is 9.24. The van der Waals surface area contributed by atoms with Crippen LogP contribution in [0.2, 0.25) is 0 Å². The van der Waals surface area contributed by atoms with Gasteiger partial charge in [-0.15, -0.1) is 62.5 Å². The number of alkyl halides is 2. The molecule has 2 aliphatic heterocycles. The fourth-order valence-electron chi connectivity index (χ4n) is 5.79. The summed E-state index contributed by atoms with van der Waals surface area (Å²) < 4.78 is 40.9. The van der Waals surface area contributed by atoms with Crippen LogP contribution in [-0.2, 0) is 57.1 Å². The molecule has 0 bridgehead atoms. The van der Waals surface area contributed by atoms with Gasteiger partial charge in [0.05, 0.1) is 18.6 Å². The van der Waals surface area contributed by atoms with E-state index in [1.807, 2.05) is 36.4 Å². The molecule has 0 aromatic carbocycles. The lowest BCUT2D eigenvalue weighted by atomic mass is 9.83. The molecule has 0 aliphatic carbocycles. The molecule has 12 atom stereocenters. The van der Waals surface area contributed by atoms with Crippen LogP contribution in [0.1, 0.15) is 93.9 Å². The Hall–Kier alpha value is 3.71. The van der Waals surface area contributed by atoms with Crippen molar-refractivity contribution >= 4 is 204 Å². The van der Waals surface area contributed by atoms with Crippen LogP contribution >= 0.6 is 180 Å². The highest BCUT2D eigenvalue weighted by Crippen LogP contribution is 3.18. The topological polar surface area (TPSA) is 168 Å². The van der Waals surface area contributed by atoms with E-state index in [9.17, 15) is 19.2 Å². The third-order valence-electron chi connectivity index (χ3n) is 9.38. The summed E-state index contributed by atoms with van der Waals surface area (Å²) in [4.78, 5) is 55.9. The van der Waals surface area contributed by atoms with E-state index in [2.05, 4.69) is 111 Å². The van der Waals surface area contributed by atoms with Crippen molar-refractivity contribution in [3.05, 3.63) is 60.9 Å². The SMILES string of the molecule is C.C=C(C)C(=O)OCCOC1CCCCO1.CC(C)(Br)C(=O)OCCSSc1ccccn1.CC(C)(CC(C)(Br)C(=O)OCCOC1CCCCO1)C(=O)OCCSSc1ccccn1.PPP(P(P)P)P(P(P)P)P(P)P. The highest BCUT2D eigenvalue weighted by atomic mass is 79.9. The number of rotatable bonds is 29. The number of carbonyl (C=O) groups is 4. The van der Waals surface area contributed by atoms with Gasteiger partial charge in [0.15, 0.2) is 12.6 Å². The van der Waals surface area contributed by atoms with Crippen molar-refractivity contribution < 1.29 is 57.1 Å². The maximum absolute atomic E-state index is 12.6. The van der Waals surface area contributed by atoms with Crippen molar-refractivity contribution in [1.82, 2.24) is 9.97 Å². The van der Waals surface area contributed by atoms with Gasteiger partial charge in [-0.1, -0.05) is 87.5 Å². The smallest absolute Gasteiger partial charge is 0.333 e. The highest BCUT2D eigenvalue weighted by Gasteiger charge is 2.42. The van der Waals surface area contributed by atoms with Gasteiger partial charge in [-0.25, -0.2) is 14.8 Å². The molecule has 2 saturated heterocycles. The van der Waals surface area contributed by atoms with Crippen molar-refractivity contribution in [2.45, 2.75) is 125 Å². The zero-order chi connectivity index (χ0) is 57.9. The predicted molar refractivity (Wildman–Crippen MR) is 379 cm³/mol. The summed E-state index contributed by atoms with van der Waals surface area (Å²) in [6.45, 7) is 18.0. The molecule has 448 valence electrons. The minimum Gasteiger partial charge on any atom is -0.464 e. The van der Waals surface area contributed by atoms with E-state index in [0.29, 0.717) is 31.1 Å². The van der Waals surface area contributed by atoms with E-state index in [1.165, 1.54) is 10.8 Å². The Morgan fingerprint density at radius 2 is 1.13 bits per heavy atom. The number of aromatic nitrogens is 2. The van der Waals surface area contributed by atoms with Crippen LogP contribution in [0.4, 0.5) is 0 Å². The largest absolute Gasteiger partial charge is 0.464 e. The first kappa shape index (κ1) is 81.7. The summed E-state index contributed by atoms with van der Waals surface area (Å²) >= 11 is 6.69. The number of hydrogen-bond donors (Lipinski definition) is 0. The number of nitrogens with zero attached hydrogens (tertiary/aromatic N) is 2. The number of esters is 4. The summed E-state index contributed by atoms with van der Waals surface area (Å²) in [5.74, 6) is -0.00702. The minimum atomic E-state index is -1.01. The molecule has 33 heteroatoms. The van der Waals surface area contributed by atoms with Crippen LogP contribution in [0.15, 0.2) is 71.0 Å². The van der Waals surface area contributed by atoms with Crippen molar-refractivity contribution in [3.8, 4) is 0 Å². The van der Waals surface area contributed by atoms with Crippen LogP contribution in [0.25, 0.3) is 0 Å². The first-order valence-corrected chi connectivity index (χ1v) is 53.0. The van der Waals surface area contributed by atoms with Gasteiger partial charge >= 0.3 is 23.9 Å². The molecule has 0 radical (unpaired) electrons. The molecule has 0 saturated carbocycles. The third kappa shape index (κ3) is 39.6. The van der Waals surface area contributed by atoms with Gasteiger partial charge in [0.1, 0.15) is 45.1 Å². The quantitative estimate of drug-likeness (QED) is 0.0143. The zero-order valence-corrected chi connectivity index (χ0v) is 64.5. The third-order valence-corrected chi connectivity index (χ3v) is 88.1. The van der Waals surface area contributed by atoms with E-state index < -0.39 is 20.0 Å². The second-order valence-electron chi connectivity index (χ2n) is 17.4. The van der Waals surface area contributed by atoms with Crippen LogP contribution in [0, 0.1) is 5.41 Å². The summed E-state index contributed by atoms with van der Waals surface area (Å²) in [6, 6.07) is 11.5. The van der Waals surface area contributed by atoms with Gasteiger partial charge in [0.25, 0.3) is 0 Å². The fourth-order valence-corrected chi connectivity index (χ4v) is 137. The van der Waals surface area contributed by atoms with Gasteiger partial charge in [-0.05, 0) is 167 Å². The molecular weight excluding hydrogens is 1450 g/mol. The zero-order valence-electron chi connectivity index (χ0n) is 44.5.